The van der Waals surface area contributed by atoms with E-state index in [4.69, 9.17) is 0 Å². The van der Waals surface area contributed by atoms with Crippen molar-refractivity contribution >= 4 is 33.0 Å². The van der Waals surface area contributed by atoms with Crippen LogP contribution in [0, 0.1) is 0 Å². The van der Waals surface area contributed by atoms with Crippen molar-refractivity contribution in [3.63, 3.8) is 0 Å². The van der Waals surface area contributed by atoms with Crippen LogP contribution < -0.4 is 5.32 Å². The Balaban J connectivity index is 1.93. The van der Waals surface area contributed by atoms with Crippen molar-refractivity contribution in [1.82, 2.24) is 5.32 Å². The van der Waals surface area contributed by atoms with E-state index in [2.05, 4.69) is 21.2 Å². The summed E-state index contributed by atoms with van der Waals surface area (Å²) >= 11 is 5.10. The van der Waals surface area contributed by atoms with Gasteiger partial charge in [-0.15, -0.1) is 11.3 Å². The average Bonchev–Trinajstić information content (AvgIpc) is 2.75. The topological polar surface area (TPSA) is 29.1 Å². The summed E-state index contributed by atoms with van der Waals surface area (Å²) in [5, 5.41) is 3.41. The molecule has 1 N–H and O–H groups in total. The number of carbonyl (C=O) groups is 1. The molecule has 1 heterocycles. The third-order valence-corrected chi connectivity index (χ3v) is 5.50. The highest BCUT2D eigenvalue weighted by molar-refractivity contribution is 9.11. The summed E-state index contributed by atoms with van der Waals surface area (Å²) < 4.78 is 1.10. The highest BCUT2D eigenvalue weighted by Gasteiger charge is 2.32. The molecule has 2 rings (SSSR count). The summed E-state index contributed by atoms with van der Waals surface area (Å²) in [6.45, 7) is 0. The molecule has 18 heavy (non-hydrogen) atoms. The third-order valence-electron chi connectivity index (χ3n) is 3.88. The highest BCUT2D eigenvalue weighted by Crippen LogP contribution is 2.31. The van der Waals surface area contributed by atoms with Crippen molar-refractivity contribution < 1.29 is 4.79 Å². The molecule has 4 heteroatoms. The summed E-state index contributed by atoms with van der Waals surface area (Å²) in [5.74, 6) is 0.362. The molecule has 1 fully saturated rings. The minimum atomic E-state index is 0.0732. The molecule has 1 aromatic rings. The summed E-state index contributed by atoms with van der Waals surface area (Å²) in [6, 6.07) is 4.06. The molecule has 0 radical (unpaired) electrons. The lowest BCUT2D eigenvalue weighted by Gasteiger charge is -2.36. The molecule has 0 bridgehead atoms. The number of halogens is 1. The number of ketones is 1. The number of rotatable bonds is 5. The maximum absolute atomic E-state index is 12.2. The van der Waals surface area contributed by atoms with Gasteiger partial charge in [0.25, 0.3) is 0 Å². The first-order valence-electron chi connectivity index (χ1n) is 6.58. The van der Waals surface area contributed by atoms with Crippen LogP contribution in [0.25, 0.3) is 0 Å². The Hall–Kier alpha value is -0.190. The standard InChI is InChI=1S/C14H20BrNOS/c1-16-14(7-3-2-4-8-14)10-11(17)9-12-5-6-13(15)18-12/h5-6,16H,2-4,7-10H2,1H3. The smallest absolute Gasteiger partial charge is 0.139 e. The Labute approximate surface area is 121 Å². The number of thiophene rings is 1. The Morgan fingerprint density at radius 3 is 2.67 bits per heavy atom. The molecule has 0 saturated heterocycles. The van der Waals surface area contributed by atoms with Gasteiger partial charge in [-0.1, -0.05) is 19.3 Å². The van der Waals surface area contributed by atoms with Crippen molar-refractivity contribution in [2.75, 3.05) is 7.05 Å². The monoisotopic (exact) mass is 329 g/mol. The van der Waals surface area contributed by atoms with Crippen LogP contribution in [0.5, 0.6) is 0 Å². The fourth-order valence-corrected chi connectivity index (χ4v) is 4.34. The van der Waals surface area contributed by atoms with Crippen LogP contribution in [0.1, 0.15) is 43.4 Å². The van der Waals surface area contributed by atoms with Gasteiger partial charge in [-0.2, -0.15) is 0 Å². The third kappa shape index (κ3) is 3.65. The summed E-state index contributed by atoms with van der Waals surface area (Å²) in [6.07, 6.45) is 7.36. The van der Waals surface area contributed by atoms with E-state index < -0.39 is 0 Å². The number of nitrogens with one attached hydrogen (secondary N) is 1. The summed E-state index contributed by atoms with van der Waals surface area (Å²) in [7, 11) is 2.00. The molecule has 2 nitrogen and oxygen atoms in total. The van der Waals surface area contributed by atoms with Gasteiger partial charge in [0.15, 0.2) is 0 Å². The van der Waals surface area contributed by atoms with Crippen LogP contribution >= 0.6 is 27.3 Å². The molecule has 1 aromatic heterocycles. The zero-order valence-corrected chi connectivity index (χ0v) is 13.2. The van der Waals surface area contributed by atoms with E-state index >= 15 is 0 Å². The second kappa shape index (κ2) is 6.31. The molecule has 1 aliphatic carbocycles. The molecule has 0 unspecified atom stereocenters. The van der Waals surface area contributed by atoms with Crippen LogP contribution in [0.2, 0.25) is 0 Å². The van der Waals surface area contributed by atoms with Crippen molar-refractivity contribution in [3.05, 3.63) is 20.8 Å². The Morgan fingerprint density at radius 2 is 2.11 bits per heavy atom. The minimum Gasteiger partial charge on any atom is -0.314 e. The lowest BCUT2D eigenvalue weighted by molar-refractivity contribution is -0.120. The van der Waals surface area contributed by atoms with E-state index in [1.807, 2.05) is 19.2 Å². The van der Waals surface area contributed by atoms with Crippen LogP contribution in [-0.2, 0) is 11.2 Å². The number of hydrogen-bond donors (Lipinski definition) is 1. The van der Waals surface area contributed by atoms with E-state index in [-0.39, 0.29) is 5.54 Å². The zero-order chi connectivity index (χ0) is 13.0. The van der Waals surface area contributed by atoms with Gasteiger partial charge in [0.05, 0.1) is 3.79 Å². The number of carbonyl (C=O) groups excluding carboxylic acids is 1. The van der Waals surface area contributed by atoms with E-state index in [9.17, 15) is 4.79 Å². The molecule has 100 valence electrons. The second-order valence-electron chi connectivity index (χ2n) is 5.19. The highest BCUT2D eigenvalue weighted by atomic mass is 79.9. The van der Waals surface area contributed by atoms with Gasteiger partial charge < -0.3 is 5.32 Å². The van der Waals surface area contributed by atoms with Gasteiger partial charge in [0.1, 0.15) is 5.78 Å². The first-order chi connectivity index (χ1) is 8.63. The lowest BCUT2D eigenvalue weighted by Crippen LogP contribution is -2.46. The summed E-state index contributed by atoms with van der Waals surface area (Å²) in [4.78, 5) is 13.4. The van der Waals surface area contributed by atoms with Crippen LogP contribution in [0.4, 0.5) is 0 Å². The molecular weight excluding hydrogens is 310 g/mol. The molecule has 1 aliphatic rings. The SMILES string of the molecule is CNC1(CC(=O)Cc2ccc(Br)s2)CCCCC1. The molecular formula is C14H20BrNOS. The zero-order valence-electron chi connectivity index (χ0n) is 10.8. The predicted octanol–water partition coefficient (Wildman–Crippen LogP) is 3.93. The van der Waals surface area contributed by atoms with Gasteiger partial charge in [-0.3, -0.25) is 4.79 Å². The predicted molar refractivity (Wildman–Crippen MR) is 80.2 cm³/mol. The van der Waals surface area contributed by atoms with Gasteiger partial charge >= 0.3 is 0 Å². The van der Waals surface area contributed by atoms with Crippen molar-refractivity contribution in [2.24, 2.45) is 0 Å². The normalized spacial score (nSPS) is 18.8. The molecule has 0 spiro atoms. The van der Waals surface area contributed by atoms with Gasteiger partial charge in [0, 0.05) is 23.3 Å². The van der Waals surface area contributed by atoms with E-state index in [0.29, 0.717) is 18.6 Å². The summed E-state index contributed by atoms with van der Waals surface area (Å²) in [5.41, 5.74) is 0.0732. The maximum Gasteiger partial charge on any atom is 0.139 e. The molecule has 0 atom stereocenters. The Morgan fingerprint density at radius 1 is 1.39 bits per heavy atom. The molecule has 0 amide bonds. The quantitative estimate of drug-likeness (QED) is 0.886. The van der Waals surface area contributed by atoms with Crippen molar-refractivity contribution in [2.45, 2.75) is 50.5 Å². The van der Waals surface area contributed by atoms with Crippen LogP contribution in [-0.4, -0.2) is 18.4 Å². The number of hydrogen-bond acceptors (Lipinski definition) is 3. The van der Waals surface area contributed by atoms with E-state index in [1.54, 1.807) is 11.3 Å². The van der Waals surface area contributed by atoms with Gasteiger partial charge in [0.2, 0.25) is 0 Å². The lowest BCUT2D eigenvalue weighted by atomic mass is 9.78. The average molecular weight is 330 g/mol. The fourth-order valence-electron chi connectivity index (χ4n) is 2.82. The first-order valence-corrected chi connectivity index (χ1v) is 8.19. The Kier molecular flexibility index (Phi) is 4.98. The Bertz CT molecular complexity index is 410. The first kappa shape index (κ1) is 14.2. The molecule has 0 aromatic carbocycles. The molecule has 0 aliphatic heterocycles. The van der Waals surface area contributed by atoms with Crippen molar-refractivity contribution in [1.29, 1.82) is 0 Å². The number of Topliss-reactive ketones (excluding diaryl/α,β-unsaturated/α-hetero) is 1. The van der Waals surface area contributed by atoms with Crippen LogP contribution in [0.3, 0.4) is 0 Å². The fraction of sp³-hybridized carbons (Fsp3) is 0.643. The van der Waals surface area contributed by atoms with Gasteiger partial charge in [-0.05, 0) is 48.0 Å². The van der Waals surface area contributed by atoms with Gasteiger partial charge in [-0.25, -0.2) is 0 Å². The van der Waals surface area contributed by atoms with E-state index in [0.717, 1.165) is 21.5 Å². The largest absolute Gasteiger partial charge is 0.314 e. The second-order valence-corrected chi connectivity index (χ2v) is 7.74. The van der Waals surface area contributed by atoms with E-state index in [1.165, 1.54) is 19.3 Å². The van der Waals surface area contributed by atoms with Crippen LogP contribution in [0.15, 0.2) is 15.9 Å². The van der Waals surface area contributed by atoms with Crippen molar-refractivity contribution in [3.8, 4) is 0 Å². The maximum atomic E-state index is 12.2. The molecule has 1 saturated carbocycles. The minimum absolute atomic E-state index is 0.0732.